The average molecular weight is 282 g/mol. The summed E-state index contributed by atoms with van der Waals surface area (Å²) in [6.45, 7) is 4.07. The molecule has 0 saturated carbocycles. The first-order valence-electron chi connectivity index (χ1n) is 7.10. The summed E-state index contributed by atoms with van der Waals surface area (Å²) in [6.07, 6.45) is 3.74. The molecule has 1 aromatic carbocycles. The Morgan fingerprint density at radius 3 is 2.52 bits per heavy atom. The van der Waals surface area contributed by atoms with Gasteiger partial charge < -0.3 is 5.11 Å². The predicted molar refractivity (Wildman–Crippen MR) is 80.8 cm³/mol. The summed E-state index contributed by atoms with van der Waals surface area (Å²) >= 11 is 0. The molecule has 1 N–H and O–H groups in total. The zero-order valence-electron chi connectivity index (χ0n) is 12.2. The van der Waals surface area contributed by atoms with Crippen LogP contribution in [0.2, 0.25) is 0 Å². The van der Waals surface area contributed by atoms with E-state index in [9.17, 15) is 9.90 Å². The van der Waals surface area contributed by atoms with E-state index in [1.165, 1.54) is 4.90 Å². The van der Waals surface area contributed by atoms with Gasteiger partial charge in [-0.25, -0.2) is 0 Å². The van der Waals surface area contributed by atoms with Gasteiger partial charge in [-0.05, 0) is 24.1 Å². The lowest BCUT2D eigenvalue weighted by molar-refractivity contribution is 0.0206. The van der Waals surface area contributed by atoms with Crippen molar-refractivity contribution in [1.82, 2.24) is 4.98 Å². The number of benzene rings is 1. The van der Waals surface area contributed by atoms with Gasteiger partial charge in [0.1, 0.15) is 0 Å². The maximum atomic E-state index is 12.7. The van der Waals surface area contributed by atoms with Crippen molar-refractivity contribution in [2.24, 2.45) is 5.92 Å². The number of hydrogen-bond acceptors (Lipinski definition) is 3. The minimum atomic E-state index is -1.30. The fourth-order valence-electron chi connectivity index (χ4n) is 3.02. The van der Waals surface area contributed by atoms with Gasteiger partial charge in [0.25, 0.3) is 5.91 Å². The molecule has 3 rings (SSSR count). The van der Waals surface area contributed by atoms with E-state index in [1.54, 1.807) is 30.6 Å². The Hall–Kier alpha value is -2.20. The lowest BCUT2D eigenvalue weighted by Gasteiger charge is -2.35. The number of fused-ring (bicyclic) bond motifs is 1. The largest absolute Gasteiger partial charge is 0.366 e. The van der Waals surface area contributed by atoms with Crippen molar-refractivity contribution >= 4 is 11.6 Å². The monoisotopic (exact) mass is 282 g/mol. The number of aromatic nitrogens is 1. The molecular weight excluding hydrogens is 264 g/mol. The van der Waals surface area contributed by atoms with Crippen LogP contribution in [0.5, 0.6) is 0 Å². The third-order valence-electron chi connectivity index (χ3n) is 3.78. The van der Waals surface area contributed by atoms with Crippen molar-refractivity contribution in [3.63, 3.8) is 0 Å². The molecule has 1 aliphatic rings. The van der Waals surface area contributed by atoms with Gasteiger partial charge in [0.15, 0.2) is 5.72 Å². The van der Waals surface area contributed by atoms with E-state index >= 15 is 0 Å². The van der Waals surface area contributed by atoms with E-state index in [0.717, 1.165) is 0 Å². The minimum Gasteiger partial charge on any atom is -0.366 e. The Balaban J connectivity index is 2.17. The molecule has 2 heterocycles. The first-order chi connectivity index (χ1) is 10.0. The van der Waals surface area contributed by atoms with Gasteiger partial charge in [-0.1, -0.05) is 32.0 Å². The molecule has 1 atom stereocenters. The maximum Gasteiger partial charge on any atom is 0.261 e. The van der Waals surface area contributed by atoms with E-state index in [1.807, 2.05) is 32.0 Å². The van der Waals surface area contributed by atoms with E-state index < -0.39 is 5.72 Å². The van der Waals surface area contributed by atoms with Crippen LogP contribution in [0.4, 0.5) is 5.69 Å². The number of carbonyl (C=O) groups excluding carboxylic acids is 1. The molecule has 4 nitrogen and oxygen atoms in total. The highest BCUT2D eigenvalue weighted by molar-refractivity contribution is 6.11. The topological polar surface area (TPSA) is 53.4 Å². The number of carbonyl (C=O) groups is 1. The van der Waals surface area contributed by atoms with Crippen LogP contribution in [0.25, 0.3) is 0 Å². The number of nitrogens with zero attached hydrogens (tertiary/aromatic N) is 2. The van der Waals surface area contributed by atoms with E-state index in [0.29, 0.717) is 23.2 Å². The first kappa shape index (κ1) is 13.8. The second-order valence-corrected chi connectivity index (χ2v) is 5.81. The van der Waals surface area contributed by atoms with Crippen LogP contribution in [0.3, 0.4) is 0 Å². The normalized spacial score (nSPS) is 21.0. The fourth-order valence-corrected chi connectivity index (χ4v) is 3.02. The summed E-state index contributed by atoms with van der Waals surface area (Å²) in [6, 6.07) is 10.8. The quantitative estimate of drug-likeness (QED) is 0.941. The number of rotatable bonds is 3. The van der Waals surface area contributed by atoms with Gasteiger partial charge in [0.2, 0.25) is 0 Å². The summed E-state index contributed by atoms with van der Waals surface area (Å²) < 4.78 is 0. The average Bonchev–Trinajstić information content (AvgIpc) is 2.68. The van der Waals surface area contributed by atoms with Crippen molar-refractivity contribution in [3.8, 4) is 0 Å². The Morgan fingerprint density at radius 2 is 1.86 bits per heavy atom. The van der Waals surface area contributed by atoms with Crippen molar-refractivity contribution < 1.29 is 9.90 Å². The van der Waals surface area contributed by atoms with Crippen LogP contribution in [0.1, 0.15) is 36.2 Å². The molecule has 0 radical (unpaired) electrons. The maximum absolute atomic E-state index is 12.7. The predicted octanol–water partition coefficient (Wildman–Crippen LogP) is 2.93. The highest BCUT2D eigenvalue weighted by atomic mass is 16.3. The zero-order chi connectivity index (χ0) is 15.0. The fraction of sp³-hybridized carbons (Fsp3) is 0.294. The minimum absolute atomic E-state index is 0.167. The molecule has 2 aromatic rings. The third-order valence-corrected chi connectivity index (χ3v) is 3.78. The summed E-state index contributed by atoms with van der Waals surface area (Å²) in [5.41, 5.74) is 0.607. The number of hydrogen-bond donors (Lipinski definition) is 1. The van der Waals surface area contributed by atoms with Crippen LogP contribution in [0.15, 0.2) is 48.8 Å². The number of anilines is 1. The summed E-state index contributed by atoms with van der Waals surface area (Å²) in [5.74, 6) is 0.0817. The number of aliphatic hydroxyl groups is 1. The van der Waals surface area contributed by atoms with Gasteiger partial charge in [0.05, 0.1) is 5.69 Å². The Morgan fingerprint density at radius 1 is 1.19 bits per heavy atom. The summed E-state index contributed by atoms with van der Waals surface area (Å²) in [4.78, 5) is 18.2. The molecule has 1 amide bonds. The molecule has 4 heteroatoms. The van der Waals surface area contributed by atoms with Crippen molar-refractivity contribution in [3.05, 3.63) is 59.9 Å². The van der Waals surface area contributed by atoms with Crippen molar-refractivity contribution in [2.75, 3.05) is 4.90 Å². The standard InChI is InChI=1S/C17H18N2O2/c1-12(2)11-17(21)15-6-4-3-5-14(15)16(20)19(17)13-7-9-18-10-8-13/h3-10,12,21H,11H2,1-2H3. The van der Waals surface area contributed by atoms with Gasteiger partial charge >= 0.3 is 0 Å². The van der Waals surface area contributed by atoms with Crippen LogP contribution in [0, 0.1) is 5.92 Å². The summed E-state index contributed by atoms with van der Waals surface area (Å²) in [5, 5.41) is 11.3. The van der Waals surface area contributed by atoms with Gasteiger partial charge in [-0.2, -0.15) is 0 Å². The molecule has 0 fully saturated rings. The van der Waals surface area contributed by atoms with Gasteiger partial charge in [-0.15, -0.1) is 0 Å². The molecule has 0 bridgehead atoms. The lowest BCUT2D eigenvalue weighted by atomic mass is 9.92. The Labute approximate surface area is 124 Å². The Bertz CT molecular complexity index is 670. The lowest BCUT2D eigenvalue weighted by Crippen LogP contribution is -2.45. The molecule has 1 aliphatic heterocycles. The van der Waals surface area contributed by atoms with Crippen LogP contribution >= 0.6 is 0 Å². The second-order valence-electron chi connectivity index (χ2n) is 5.81. The van der Waals surface area contributed by atoms with Crippen molar-refractivity contribution in [1.29, 1.82) is 0 Å². The van der Waals surface area contributed by atoms with Crippen molar-refractivity contribution in [2.45, 2.75) is 26.0 Å². The molecule has 1 aromatic heterocycles. The number of pyridine rings is 1. The highest BCUT2D eigenvalue weighted by Gasteiger charge is 2.49. The Kier molecular flexibility index (Phi) is 3.26. The molecule has 21 heavy (non-hydrogen) atoms. The zero-order valence-corrected chi connectivity index (χ0v) is 12.2. The highest BCUT2D eigenvalue weighted by Crippen LogP contribution is 2.43. The second kappa shape index (κ2) is 4.97. The van der Waals surface area contributed by atoms with Crippen LogP contribution in [-0.2, 0) is 5.72 Å². The molecular formula is C17H18N2O2. The van der Waals surface area contributed by atoms with E-state index in [4.69, 9.17) is 0 Å². The summed E-state index contributed by atoms with van der Waals surface area (Å²) in [7, 11) is 0. The molecule has 0 saturated heterocycles. The SMILES string of the molecule is CC(C)CC1(O)c2ccccc2C(=O)N1c1ccncc1. The van der Waals surface area contributed by atoms with Gasteiger partial charge in [0, 0.05) is 29.9 Å². The van der Waals surface area contributed by atoms with E-state index in [-0.39, 0.29) is 11.8 Å². The van der Waals surface area contributed by atoms with Crippen LogP contribution in [-0.4, -0.2) is 16.0 Å². The molecule has 0 spiro atoms. The smallest absolute Gasteiger partial charge is 0.261 e. The first-order valence-corrected chi connectivity index (χ1v) is 7.10. The van der Waals surface area contributed by atoms with Gasteiger partial charge in [-0.3, -0.25) is 14.7 Å². The third kappa shape index (κ3) is 2.12. The number of amides is 1. The molecule has 108 valence electrons. The van der Waals surface area contributed by atoms with E-state index in [2.05, 4.69) is 4.98 Å². The van der Waals surface area contributed by atoms with Crippen LogP contribution < -0.4 is 4.90 Å². The molecule has 1 unspecified atom stereocenters. The molecule has 0 aliphatic carbocycles.